The minimum absolute atomic E-state index is 0.00139. The molecule has 0 unspecified atom stereocenters. The number of nitro groups is 1. The second-order valence-electron chi connectivity index (χ2n) is 3.76. The zero-order valence-corrected chi connectivity index (χ0v) is 8.47. The molecule has 0 aromatic heterocycles. The van der Waals surface area contributed by atoms with Crippen LogP contribution in [0, 0.1) is 16.0 Å². The van der Waals surface area contributed by atoms with E-state index in [0.717, 1.165) is 12.8 Å². The summed E-state index contributed by atoms with van der Waals surface area (Å²) >= 11 is 0. The van der Waals surface area contributed by atoms with E-state index < -0.39 is 4.92 Å². The first-order chi connectivity index (χ1) is 7.59. The molecule has 1 aliphatic rings. The zero-order valence-electron chi connectivity index (χ0n) is 8.47. The van der Waals surface area contributed by atoms with Crippen LogP contribution in [0.3, 0.4) is 0 Å². The number of nitrogen functional groups attached to an aromatic ring is 1. The van der Waals surface area contributed by atoms with Crippen LogP contribution in [0.1, 0.15) is 12.8 Å². The van der Waals surface area contributed by atoms with E-state index in [2.05, 4.69) is 5.32 Å². The van der Waals surface area contributed by atoms with Crippen molar-refractivity contribution in [3.8, 4) is 0 Å². The third-order valence-electron chi connectivity index (χ3n) is 2.49. The van der Waals surface area contributed by atoms with Gasteiger partial charge in [0.15, 0.2) is 0 Å². The van der Waals surface area contributed by atoms with Crippen molar-refractivity contribution in [2.24, 2.45) is 5.92 Å². The maximum atomic E-state index is 11.5. The molecule has 0 heterocycles. The molecule has 0 atom stereocenters. The second kappa shape index (κ2) is 3.80. The van der Waals surface area contributed by atoms with Crippen LogP contribution >= 0.6 is 0 Å². The number of benzene rings is 1. The highest BCUT2D eigenvalue weighted by atomic mass is 16.6. The number of nitrogens with zero attached hydrogens (tertiary/aromatic N) is 1. The first-order valence-electron chi connectivity index (χ1n) is 4.93. The number of rotatable bonds is 3. The lowest BCUT2D eigenvalue weighted by Crippen LogP contribution is -2.14. The molecule has 0 bridgehead atoms. The summed E-state index contributed by atoms with van der Waals surface area (Å²) in [5.74, 6) is -0.0779. The molecule has 1 saturated carbocycles. The number of para-hydroxylation sites is 1. The average molecular weight is 221 g/mol. The lowest BCUT2D eigenvalue weighted by molar-refractivity contribution is -0.383. The number of hydrogen-bond acceptors (Lipinski definition) is 4. The molecule has 1 aliphatic carbocycles. The molecule has 0 spiro atoms. The first-order valence-corrected chi connectivity index (χ1v) is 4.93. The molecule has 1 aromatic carbocycles. The Morgan fingerprint density at radius 2 is 2.19 bits per heavy atom. The molecule has 0 saturated heterocycles. The number of nitro benzene ring substituents is 1. The van der Waals surface area contributed by atoms with Gasteiger partial charge in [-0.2, -0.15) is 0 Å². The Balaban J connectivity index is 2.23. The normalized spacial score (nSPS) is 14.5. The molecule has 16 heavy (non-hydrogen) atoms. The smallest absolute Gasteiger partial charge is 0.294 e. The van der Waals surface area contributed by atoms with Gasteiger partial charge in [0.25, 0.3) is 5.69 Å². The summed E-state index contributed by atoms with van der Waals surface area (Å²) in [5.41, 5.74) is 5.72. The van der Waals surface area contributed by atoms with Gasteiger partial charge in [-0.1, -0.05) is 6.07 Å². The summed E-state index contributed by atoms with van der Waals surface area (Å²) in [6.07, 6.45) is 1.75. The number of nitrogens with one attached hydrogen (secondary N) is 1. The van der Waals surface area contributed by atoms with Crippen LogP contribution in [-0.2, 0) is 4.79 Å². The molecule has 6 nitrogen and oxygen atoms in total. The summed E-state index contributed by atoms with van der Waals surface area (Å²) in [5, 5.41) is 13.2. The first kappa shape index (κ1) is 10.4. The van der Waals surface area contributed by atoms with E-state index in [1.165, 1.54) is 12.1 Å². The molecule has 84 valence electrons. The van der Waals surface area contributed by atoms with Gasteiger partial charge in [-0.15, -0.1) is 0 Å². The Kier molecular flexibility index (Phi) is 2.47. The molecule has 0 radical (unpaired) electrons. The largest absolute Gasteiger partial charge is 0.391 e. The zero-order chi connectivity index (χ0) is 11.7. The maximum absolute atomic E-state index is 11.5. The molecule has 2 rings (SSSR count). The van der Waals surface area contributed by atoms with Gasteiger partial charge in [-0.05, 0) is 18.9 Å². The van der Waals surface area contributed by atoms with Gasteiger partial charge >= 0.3 is 0 Å². The van der Waals surface area contributed by atoms with Crippen molar-refractivity contribution in [1.29, 1.82) is 0 Å². The highest BCUT2D eigenvalue weighted by molar-refractivity contribution is 5.97. The predicted molar refractivity (Wildman–Crippen MR) is 58.9 cm³/mol. The van der Waals surface area contributed by atoms with Crippen molar-refractivity contribution >= 4 is 23.0 Å². The van der Waals surface area contributed by atoms with Crippen LogP contribution < -0.4 is 11.1 Å². The molecular weight excluding hydrogens is 210 g/mol. The minimum atomic E-state index is -0.567. The monoisotopic (exact) mass is 221 g/mol. The van der Waals surface area contributed by atoms with E-state index in [1.807, 2.05) is 0 Å². The van der Waals surface area contributed by atoms with Gasteiger partial charge in [0.05, 0.1) is 10.6 Å². The van der Waals surface area contributed by atoms with Crippen LogP contribution in [-0.4, -0.2) is 10.8 Å². The van der Waals surface area contributed by atoms with Gasteiger partial charge < -0.3 is 11.1 Å². The van der Waals surface area contributed by atoms with E-state index in [0.29, 0.717) is 5.69 Å². The topological polar surface area (TPSA) is 98.3 Å². The highest BCUT2D eigenvalue weighted by Crippen LogP contribution is 2.33. The second-order valence-corrected chi connectivity index (χ2v) is 3.76. The van der Waals surface area contributed by atoms with Crippen molar-refractivity contribution in [3.63, 3.8) is 0 Å². The Labute approximate surface area is 91.6 Å². The minimum Gasteiger partial charge on any atom is -0.391 e. The third kappa shape index (κ3) is 1.95. The van der Waals surface area contributed by atoms with Crippen LogP contribution in [0.5, 0.6) is 0 Å². The number of nitrogens with two attached hydrogens (primary N) is 1. The fourth-order valence-corrected chi connectivity index (χ4v) is 1.40. The van der Waals surface area contributed by atoms with E-state index >= 15 is 0 Å². The maximum Gasteiger partial charge on any atom is 0.294 e. The quantitative estimate of drug-likeness (QED) is 0.459. The number of anilines is 2. The molecule has 1 amide bonds. The molecule has 6 heteroatoms. The molecule has 1 aromatic rings. The summed E-state index contributed by atoms with van der Waals surface area (Å²) in [7, 11) is 0. The van der Waals surface area contributed by atoms with E-state index in [-0.39, 0.29) is 23.2 Å². The van der Waals surface area contributed by atoms with Crippen LogP contribution in [0.2, 0.25) is 0 Å². The summed E-state index contributed by atoms with van der Waals surface area (Å²) in [4.78, 5) is 21.5. The number of amides is 1. The Morgan fingerprint density at radius 3 is 2.75 bits per heavy atom. The van der Waals surface area contributed by atoms with Crippen molar-refractivity contribution in [3.05, 3.63) is 28.3 Å². The van der Waals surface area contributed by atoms with Gasteiger partial charge in [0.2, 0.25) is 5.91 Å². The summed E-state index contributed by atoms with van der Waals surface area (Å²) in [6.45, 7) is 0. The van der Waals surface area contributed by atoms with Gasteiger partial charge in [-0.25, -0.2) is 0 Å². The Bertz CT molecular complexity index is 455. The van der Waals surface area contributed by atoms with E-state index in [1.54, 1.807) is 6.07 Å². The van der Waals surface area contributed by atoms with Crippen molar-refractivity contribution in [2.75, 3.05) is 11.1 Å². The molecule has 1 fully saturated rings. The third-order valence-corrected chi connectivity index (χ3v) is 2.49. The number of hydrogen-bond donors (Lipinski definition) is 2. The van der Waals surface area contributed by atoms with Gasteiger partial charge in [-0.3, -0.25) is 14.9 Å². The van der Waals surface area contributed by atoms with Gasteiger partial charge in [0.1, 0.15) is 5.69 Å². The Morgan fingerprint density at radius 1 is 1.50 bits per heavy atom. The van der Waals surface area contributed by atoms with E-state index in [4.69, 9.17) is 5.73 Å². The average Bonchev–Trinajstić information content (AvgIpc) is 3.03. The standard InChI is InChI=1S/C10H11N3O3/c11-9-7(12-10(14)6-4-5-6)2-1-3-8(9)13(15)16/h1-3,6H,4-5,11H2,(H,12,14). The van der Waals surface area contributed by atoms with Crippen molar-refractivity contribution < 1.29 is 9.72 Å². The van der Waals surface area contributed by atoms with Crippen LogP contribution in [0.25, 0.3) is 0 Å². The fourth-order valence-electron chi connectivity index (χ4n) is 1.40. The highest BCUT2D eigenvalue weighted by Gasteiger charge is 2.30. The predicted octanol–water partition coefficient (Wildman–Crippen LogP) is 1.53. The van der Waals surface area contributed by atoms with Crippen LogP contribution in [0.15, 0.2) is 18.2 Å². The molecule has 3 N–H and O–H groups in total. The number of carbonyl (C=O) groups excluding carboxylic acids is 1. The van der Waals surface area contributed by atoms with Crippen molar-refractivity contribution in [1.82, 2.24) is 0 Å². The van der Waals surface area contributed by atoms with Gasteiger partial charge in [0, 0.05) is 12.0 Å². The SMILES string of the molecule is Nc1c(NC(=O)C2CC2)cccc1[N+](=O)[O-]. The molecular formula is C10H11N3O3. The number of carbonyl (C=O) groups is 1. The Hall–Kier alpha value is -2.11. The summed E-state index contributed by atoms with van der Waals surface area (Å²) in [6, 6.07) is 4.36. The summed E-state index contributed by atoms with van der Waals surface area (Å²) < 4.78 is 0. The molecule has 0 aliphatic heterocycles. The van der Waals surface area contributed by atoms with E-state index in [9.17, 15) is 14.9 Å². The fraction of sp³-hybridized carbons (Fsp3) is 0.300. The van der Waals surface area contributed by atoms with Crippen molar-refractivity contribution in [2.45, 2.75) is 12.8 Å². The lowest BCUT2D eigenvalue weighted by Gasteiger charge is -2.07. The lowest BCUT2D eigenvalue weighted by atomic mass is 10.2. The van der Waals surface area contributed by atoms with Crippen LogP contribution in [0.4, 0.5) is 17.1 Å².